The van der Waals surface area contributed by atoms with E-state index in [1.807, 2.05) is 6.92 Å². The Kier molecular flexibility index (Phi) is 4.92. The molecule has 66 valence electrons. The predicted molar refractivity (Wildman–Crippen MR) is 50.8 cm³/mol. The van der Waals surface area contributed by atoms with Crippen LogP contribution in [0.3, 0.4) is 0 Å². The molecule has 0 aliphatic heterocycles. The summed E-state index contributed by atoms with van der Waals surface area (Å²) in [7, 11) is 0. The highest BCUT2D eigenvalue weighted by atomic mass is 14.9. The van der Waals surface area contributed by atoms with Crippen molar-refractivity contribution in [2.75, 3.05) is 0 Å². The zero-order valence-corrected chi connectivity index (χ0v) is 8.09. The number of hydrogen-bond acceptors (Lipinski definition) is 1. The van der Waals surface area contributed by atoms with Crippen LogP contribution in [0.4, 0.5) is 0 Å². The Morgan fingerprint density at radius 3 is 2.18 bits per heavy atom. The minimum Gasteiger partial charge on any atom is -0.388 e. The monoisotopic (exact) mass is 156 g/mol. The Morgan fingerprint density at radius 2 is 1.82 bits per heavy atom. The zero-order chi connectivity index (χ0) is 8.85. The zero-order valence-electron chi connectivity index (χ0n) is 8.09. The number of nitrogens with two attached hydrogens (primary N) is 1. The van der Waals surface area contributed by atoms with Crippen molar-refractivity contribution in [1.82, 2.24) is 0 Å². The highest BCUT2D eigenvalue weighted by Gasteiger charge is 2.00. The third-order valence-electron chi connectivity index (χ3n) is 1.59. The van der Waals surface area contributed by atoms with Gasteiger partial charge in [0, 0.05) is 6.04 Å². The molecule has 0 amide bonds. The standard InChI is InChI=1S/C9H20N2/c1-7(2)5-6-8(3)11-9(4)10/h7-8H,5-6H2,1-4H3,(H2,10,11). The van der Waals surface area contributed by atoms with Gasteiger partial charge in [-0.2, -0.15) is 0 Å². The van der Waals surface area contributed by atoms with Crippen molar-refractivity contribution < 1.29 is 0 Å². The smallest absolute Gasteiger partial charge is 0.0908 e. The first kappa shape index (κ1) is 10.5. The molecular weight excluding hydrogens is 136 g/mol. The molecule has 2 heteroatoms. The predicted octanol–water partition coefficient (Wildman–Crippen LogP) is 2.19. The number of rotatable bonds is 4. The van der Waals surface area contributed by atoms with Crippen LogP contribution in [0, 0.1) is 5.92 Å². The van der Waals surface area contributed by atoms with Crippen LogP contribution in [0.25, 0.3) is 0 Å². The van der Waals surface area contributed by atoms with E-state index in [1.54, 1.807) is 0 Å². The van der Waals surface area contributed by atoms with Gasteiger partial charge in [-0.3, -0.25) is 4.99 Å². The number of hydrogen-bond donors (Lipinski definition) is 1. The van der Waals surface area contributed by atoms with Gasteiger partial charge in [0.2, 0.25) is 0 Å². The Morgan fingerprint density at radius 1 is 1.27 bits per heavy atom. The average Bonchev–Trinajstić information content (AvgIpc) is 1.82. The molecule has 0 aromatic carbocycles. The van der Waals surface area contributed by atoms with Gasteiger partial charge < -0.3 is 5.73 Å². The third-order valence-corrected chi connectivity index (χ3v) is 1.59. The molecule has 1 atom stereocenters. The van der Waals surface area contributed by atoms with Crippen molar-refractivity contribution in [2.45, 2.75) is 46.6 Å². The van der Waals surface area contributed by atoms with Crippen LogP contribution < -0.4 is 5.73 Å². The largest absolute Gasteiger partial charge is 0.388 e. The summed E-state index contributed by atoms with van der Waals surface area (Å²) in [5, 5.41) is 0. The summed E-state index contributed by atoms with van der Waals surface area (Å²) in [5.74, 6) is 1.46. The lowest BCUT2D eigenvalue weighted by atomic mass is 10.0. The summed E-state index contributed by atoms with van der Waals surface area (Å²) < 4.78 is 0. The summed E-state index contributed by atoms with van der Waals surface area (Å²) >= 11 is 0. The molecule has 0 aliphatic carbocycles. The van der Waals surface area contributed by atoms with E-state index in [0.29, 0.717) is 11.9 Å². The Bertz CT molecular complexity index is 124. The molecule has 0 spiro atoms. The Balaban J connectivity index is 3.53. The van der Waals surface area contributed by atoms with Gasteiger partial charge in [0.1, 0.15) is 0 Å². The molecule has 2 nitrogen and oxygen atoms in total. The molecule has 0 aromatic heterocycles. The van der Waals surface area contributed by atoms with Crippen LogP contribution in [0.5, 0.6) is 0 Å². The fourth-order valence-electron chi connectivity index (χ4n) is 0.987. The maximum absolute atomic E-state index is 5.45. The van der Waals surface area contributed by atoms with E-state index in [-0.39, 0.29) is 0 Å². The summed E-state index contributed by atoms with van der Waals surface area (Å²) in [6.45, 7) is 8.40. The first-order valence-electron chi connectivity index (χ1n) is 4.32. The van der Waals surface area contributed by atoms with Gasteiger partial charge in [0.25, 0.3) is 0 Å². The van der Waals surface area contributed by atoms with E-state index < -0.39 is 0 Å². The lowest BCUT2D eigenvalue weighted by Crippen LogP contribution is -2.11. The van der Waals surface area contributed by atoms with Crippen molar-refractivity contribution in [1.29, 1.82) is 0 Å². The van der Waals surface area contributed by atoms with E-state index in [0.717, 1.165) is 12.3 Å². The van der Waals surface area contributed by atoms with Crippen molar-refractivity contribution in [3.63, 3.8) is 0 Å². The van der Waals surface area contributed by atoms with Gasteiger partial charge in [-0.1, -0.05) is 13.8 Å². The molecule has 0 aromatic rings. The molecule has 2 N–H and O–H groups in total. The Labute approximate surface area is 69.9 Å². The molecule has 0 saturated carbocycles. The molecule has 0 aliphatic rings. The molecule has 0 radical (unpaired) electrons. The molecule has 1 unspecified atom stereocenters. The van der Waals surface area contributed by atoms with Gasteiger partial charge >= 0.3 is 0 Å². The van der Waals surface area contributed by atoms with Gasteiger partial charge in [-0.05, 0) is 32.6 Å². The Hall–Kier alpha value is -0.530. The lowest BCUT2D eigenvalue weighted by molar-refractivity contribution is 0.515. The van der Waals surface area contributed by atoms with E-state index >= 15 is 0 Å². The number of nitrogens with zero attached hydrogens (tertiary/aromatic N) is 1. The second-order valence-electron chi connectivity index (χ2n) is 3.59. The maximum atomic E-state index is 5.45. The fraction of sp³-hybridized carbons (Fsp3) is 0.889. The highest BCUT2D eigenvalue weighted by Crippen LogP contribution is 2.08. The number of amidine groups is 1. The fourth-order valence-corrected chi connectivity index (χ4v) is 0.987. The van der Waals surface area contributed by atoms with Crippen LogP contribution >= 0.6 is 0 Å². The molecule has 0 saturated heterocycles. The molecule has 11 heavy (non-hydrogen) atoms. The van der Waals surface area contributed by atoms with E-state index in [9.17, 15) is 0 Å². The van der Waals surface area contributed by atoms with Crippen molar-refractivity contribution in [2.24, 2.45) is 16.6 Å². The first-order chi connectivity index (χ1) is 5.02. The average molecular weight is 156 g/mol. The van der Waals surface area contributed by atoms with Gasteiger partial charge in [-0.15, -0.1) is 0 Å². The van der Waals surface area contributed by atoms with Crippen LogP contribution in [0.15, 0.2) is 4.99 Å². The van der Waals surface area contributed by atoms with Crippen molar-refractivity contribution >= 4 is 5.84 Å². The van der Waals surface area contributed by atoms with Crippen molar-refractivity contribution in [3.05, 3.63) is 0 Å². The number of aliphatic imine (C=N–C) groups is 1. The van der Waals surface area contributed by atoms with Crippen LogP contribution in [-0.4, -0.2) is 11.9 Å². The van der Waals surface area contributed by atoms with Crippen molar-refractivity contribution in [3.8, 4) is 0 Å². The highest BCUT2D eigenvalue weighted by molar-refractivity contribution is 5.77. The maximum Gasteiger partial charge on any atom is 0.0908 e. The quantitative estimate of drug-likeness (QED) is 0.492. The van der Waals surface area contributed by atoms with Gasteiger partial charge in [0.15, 0.2) is 0 Å². The topological polar surface area (TPSA) is 38.4 Å². The normalized spacial score (nSPS) is 15.5. The second kappa shape index (κ2) is 5.16. The van der Waals surface area contributed by atoms with Crippen LogP contribution in [-0.2, 0) is 0 Å². The summed E-state index contributed by atoms with van der Waals surface area (Å²) in [6, 6.07) is 0.391. The second-order valence-corrected chi connectivity index (χ2v) is 3.59. The molecular formula is C9H20N2. The third kappa shape index (κ3) is 7.37. The lowest BCUT2D eigenvalue weighted by Gasteiger charge is -2.08. The minimum atomic E-state index is 0.391. The summed E-state index contributed by atoms with van der Waals surface area (Å²) in [6.07, 6.45) is 2.38. The van der Waals surface area contributed by atoms with E-state index in [2.05, 4.69) is 25.8 Å². The first-order valence-corrected chi connectivity index (χ1v) is 4.32. The molecule has 0 heterocycles. The summed E-state index contributed by atoms with van der Waals surface area (Å²) in [4.78, 5) is 4.24. The molecule has 0 bridgehead atoms. The molecule has 0 fully saturated rings. The van der Waals surface area contributed by atoms with E-state index in [1.165, 1.54) is 6.42 Å². The molecule has 0 rings (SSSR count). The van der Waals surface area contributed by atoms with Gasteiger partial charge in [0.05, 0.1) is 5.84 Å². The minimum absolute atomic E-state index is 0.391. The SMILES string of the molecule is CC(N)=NC(C)CCC(C)C. The summed E-state index contributed by atoms with van der Waals surface area (Å²) in [5.41, 5.74) is 5.45. The van der Waals surface area contributed by atoms with Gasteiger partial charge in [-0.25, -0.2) is 0 Å². The van der Waals surface area contributed by atoms with Crippen LogP contribution in [0.2, 0.25) is 0 Å². The van der Waals surface area contributed by atoms with Crippen LogP contribution in [0.1, 0.15) is 40.5 Å². The van der Waals surface area contributed by atoms with E-state index in [4.69, 9.17) is 5.73 Å².